The number of anilines is 1. The van der Waals surface area contributed by atoms with Gasteiger partial charge >= 0.3 is 0 Å². The topological polar surface area (TPSA) is 95.1 Å². The fourth-order valence-corrected chi connectivity index (χ4v) is 6.10. The zero-order chi connectivity index (χ0) is 28.6. The van der Waals surface area contributed by atoms with Gasteiger partial charge in [-0.2, -0.15) is 10.5 Å². The van der Waals surface area contributed by atoms with Gasteiger partial charge in [0.1, 0.15) is 29.3 Å². The maximum absolute atomic E-state index is 13.1. The van der Waals surface area contributed by atoms with Crippen LogP contribution in [0, 0.1) is 22.7 Å². The number of fused-ring (bicyclic) bond motifs is 1. The second-order valence-electron chi connectivity index (χ2n) is 9.12. The number of nitriles is 2. The van der Waals surface area contributed by atoms with Crippen molar-refractivity contribution >= 4 is 51.5 Å². The van der Waals surface area contributed by atoms with Crippen molar-refractivity contribution in [1.29, 1.82) is 10.5 Å². The van der Waals surface area contributed by atoms with E-state index >= 15 is 0 Å². The van der Waals surface area contributed by atoms with Crippen LogP contribution in [0.25, 0.3) is 6.08 Å². The first kappa shape index (κ1) is 29.2. The summed E-state index contributed by atoms with van der Waals surface area (Å²) in [5.41, 5.74) is 3.64. The Bertz CT molecular complexity index is 1560. The number of benzene rings is 2. The lowest BCUT2D eigenvalue weighted by atomic mass is 9.96. The minimum atomic E-state index is -0.569. The molecule has 204 valence electrons. The Labute approximate surface area is 248 Å². The van der Waals surface area contributed by atoms with Gasteiger partial charge in [-0.05, 0) is 86.1 Å². The molecule has 1 aliphatic carbocycles. The summed E-state index contributed by atoms with van der Waals surface area (Å²) in [6.07, 6.45) is 7.54. The second kappa shape index (κ2) is 13.5. The van der Waals surface area contributed by atoms with E-state index in [4.69, 9.17) is 32.7 Å². The van der Waals surface area contributed by atoms with Gasteiger partial charge in [-0.25, -0.2) is 0 Å². The monoisotopic (exact) mass is 591 g/mol. The average molecular weight is 593 g/mol. The summed E-state index contributed by atoms with van der Waals surface area (Å²) in [5.74, 6) is 0.445. The van der Waals surface area contributed by atoms with Gasteiger partial charge in [0.15, 0.2) is 11.5 Å². The molecule has 0 saturated heterocycles. The molecule has 1 aromatic heterocycles. The van der Waals surface area contributed by atoms with Gasteiger partial charge in [0.25, 0.3) is 5.91 Å². The summed E-state index contributed by atoms with van der Waals surface area (Å²) in [7, 11) is 0. The van der Waals surface area contributed by atoms with Crippen LogP contribution >= 0.6 is 34.5 Å². The van der Waals surface area contributed by atoms with Crippen LogP contribution in [0.5, 0.6) is 11.5 Å². The fraction of sp³-hybridized carbons (Fsp3) is 0.258. The summed E-state index contributed by atoms with van der Waals surface area (Å²) >= 11 is 13.6. The van der Waals surface area contributed by atoms with E-state index in [0.29, 0.717) is 50.7 Å². The number of aryl methyl sites for hydroxylation is 1. The third-order valence-electron chi connectivity index (χ3n) is 6.37. The van der Waals surface area contributed by atoms with Crippen molar-refractivity contribution in [3.05, 3.63) is 91.3 Å². The van der Waals surface area contributed by atoms with Crippen LogP contribution in [-0.2, 0) is 30.7 Å². The van der Waals surface area contributed by atoms with Gasteiger partial charge in [0.05, 0.1) is 22.2 Å². The van der Waals surface area contributed by atoms with E-state index in [1.54, 1.807) is 24.3 Å². The largest absolute Gasteiger partial charge is 0.490 e. The molecule has 1 heterocycles. The lowest BCUT2D eigenvalue weighted by molar-refractivity contribution is -0.112. The predicted octanol–water partition coefficient (Wildman–Crippen LogP) is 8.06. The van der Waals surface area contributed by atoms with Crippen molar-refractivity contribution in [2.45, 2.75) is 45.6 Å². The van der Waals surface area contributed by atoms with E-state index in [1.165, 1.54) is 17.4 Å². The molecule has 0 atom stereocenters. The Morgan fingerprint density at radius 2 is 1.95 bits per heavy atom. The van der Waals surface area contributed by atoms with E-state index in [9.17, 15) is 15.3 Å². The number of carbonyl (C=O) groups excluding carboxylic acids is 1. The molecule has 9 heteroatoms. The van der Waals surface area contributed by atoms with Crippen LogP contribution in [-0.4, -0.2) is 12.5 Å². The normalized spacial score (nSPS) is 12.6. The zero-order valence-electron chi connectivity index (χ0n) is 22.0. The molecule has 40 heavy (non-hydrogen) atoms. The highest BCUT2D eigenvalue weighted by Crippen LogP contribution is 2.38. The number of thiophene rings is 1. The maximum Gasteiger partial charge on any atom is 0.266 e. The quantitative estimate of drug-likeness (QED) is 0.146. The molecule has 0 spiro atoms. The molecule has 4 rings (SSSR count). The highest BCUT2D eigenvalue weighted by atomic mass is 35.5. The van der Waals surface area contributed by atoms with Crippen molar-refractivity contribution in [2.24, 2.45) is 0 Å². The molecule has 2 aromatic carbocycles. The smallest absolute Gasteiger partial charge is 0.266 e. The maximum atomic E-state index is 13.1. The number of ether oxygens (including phenoxy) is 2. The summed E-state index contributed by atoms with van der Waals surface area (Å²) in [6, 6.07) is 13.1. The Balaban J connectivity index is 1.63. The Morgan fingerprint density at radius 3 is 2.65 bits per heavy atom. The average Bonchev–Trinajstić information content (AvgIpc) is 3.30. The minimum absolute atomic E-state index is 0.0910. The van der Waals surface area contributed by atoms with E-state index < -0.39 is 5.91 Å². The highest BCUT2D eigenvalue weighted by Gasteiger charge is 2.23. The lowest BCUT2D eigenvalue weighted by Gasteiger charge is -2.17. The van der Waals surface area contributed by atoms with E-state index in [0.717, 1.165) is 47.3 Å². The van der Waals surface area contributed by atoms with Crippen molar-refractivity contribution < 1.29 is 14.3 Å². The molecule has 1 N–H and O–H groups in total. The number of nitrogens with one attached hydrogen (secondary N) is 1. The first-order valence-corrected chi connectivity index (χ1v) is 14.4. The molecule has 1 amide bonds. The SMILES string of the molecule is C=CCc1cc(/C=C(\C#N)C(=O)Nc2sc3c(c2C#N)CCCC3)cc(OCC)c1OCc1ccc(Cl)c(Cl)c1. The number of rotatable bonds is 10. The number of allylic oxidation sites excluding steroid dienone is 1. The van der Waals surface area contributed by atoms with Crippen LogP contribution < -0.4 is 14.8 Å². The number of nitrogens with zero attached hydrogens (tertiary/aromatic N) is 2. The van der Waals surface area contributed by atoms with Gasteiger partial charge in [0.2, 0.25) is 0 Å². The van der Waals surface area contributed by atoms with Crippen molar-refractivity contribution in [2.75, 3.05) is 11.9 Å². The van der Waals surface area contributed by atoms with Crippen LogP contribution in [0.2, 0.25) is 10.0 Å². The molecular weight excluding hydrogens is 565 g/mol. The van der Waals surface area contributed by atoms with E-state index in [2.05, 4.69) is 18.0 Å². The fourth-order valence-electron chi connectivity index (χ4n) is 4.54. The third kappa shape index (κ3) is 6.69. The second-order valence-corrected chi connectivity index (χ2v) is 11.0. The van der Waals surface area contributed by atoms with Crippen LogP contribution in [0.15, 0.2) is 48.6 Å². The van der Waals surface area contributed by atoms with E-state index in [1.807, 2.05) is 25.1 Å². The molecular formula is C31H27Cl2N3O3S. The first-order valence-electron chi connectivity index (χ1n) is 12.8. The predicted molar refractivity (Wildman–Crippen MR) is 160 cm³/mol. The summed E-state index contributed by atoms with van der Waals surface area (Å²) in [4.78, 5) is 14.3. The summed E-state index contributed by atoms with van der Waals surface area (Å²) in [6.45, 7) is 6.33. The highest BCUT2D eigenvalue weighted by molar-refractivity contribution is 7.16. The number of hydrogen-bond donors (Lipinski definition) is 1. The first-order chi connectivity index (χ1) is 19.4. The molecule has 6 nitrogen and oxygen atoms in total. The van der Waals surface area contributed by atoms with Crippen LogP contribution in [0.4, 0.5) is 5.00 Å². The number of halogens is 2. The number of hydrogen-bond acceptors (Lipinski definition) is 6. The van der Waals surface area contributed by atoms with Gasteiger partial charge in [0, 0.05) is 10.4 Å². The van der Waals surface area contributed by atoms with E-state index in [-0.39, 0.29) is 12.2 Å². The Hall–Kier alpha value is -3.75. The molecule has 0 unspecified atom stereocenters. The third-order valence-corrected chi connectivity index (χ3v) is 8.32. The standard InChI is InChI=1S/C31H27Cl2N3O3S/c1-3-7-21-12-20(15-27(38-4-2)29(21)39-18-19-10-11-25(32)26(33)14-19)13-22(16-34)30(37)36-31-24(17-35)23-8-5-6-9-28(23)40-31/h3,10-15H,1,4-9,18H2,2H3,(H,36,37)/b22-13+. The Morgan fingerprint density at radius 1 is 1.15 bits per heavy atom. The number of carbonyl (C=O) groups is 1. The zero-order valence-corrected chi connectivity index (χ0v) is 24.3. The van der Waals surface area contributed by atoms with Gasteiger partial charge in [-0.1, -0.05) is 35.3 Å². The van der Waals surface area contributed by atoms with Crippen LogP contribution in [0.1, 0.15) is 52.5 Å². The van der Waals surface area contributed by atoms with Crippen molar-refractivity contribution in [3.8, 4) is 23.6 Å². The molecule has 3 aromatic rings. The Kier molecular flexibility index (Phi) is 9.90. The van der Waals surface area contributed by atoms with Crippen LogP contribution in [0.3, 0.4) is 0 Å². The minimum Gasteiger partial charge on any atom is -0.490 e. The molecule has 0 saturated carbocycles. The van der Waals surface area contributed by atoms with Gasteiger partial charge in [-0.15, -0.1) is 17.9 Å². The molecule has 0 aliphatic heterocycles. The number of amides is 1. The summed E-state index contributed by atoms with van der Waals surface area (Å²) in [5, 5.41) is 23.8. The van der Waals surface area contributed by atoms with Gasteiger partial charge < -0.3 is 14.8 Å². The van der Waals surface area contributed by atoms with Gasteiger partial charge in [-0.3, -0.25) is 4.79 Å². The molecule has 0 fully saturated rings. The van der Waals surface area contributed by atoms with Crippen molar-refractivity contribution in [1.82, 2.24) is 0 Å². The molecule has 1 aliphatic rings. The lowest BCUT2D eigenvalue weighted by Crippen LogP contribution is -2.13. The molecule has 0 radical (unpaired) electrons. The van der Waals surface area contributed by atoms with Crippen molar-refractivity contribution in [3.63, 3.8) is 0 Å². The molecule has 0 bridgehead atoms. The summed E-state index contributed by atoms with van der Waals surface area (Å²) < 4.78 is 12.1.